The van der Waals surface area contributed by atoms with Gasteiger partial charge in [0.1, 0.15) is 5.82 Å². The summed E-state index contributed by atoms with van der Waals surface area (Å²) >= 11 is 0. The second-order valence-electron chi connectivity index (χ2n) is 3.69. The number of H-pyrrole nitrogens is 1. The Balaban J connectivity index is 1.99. The molecular weight excluding hydrogens is 235 g/mol. The van der Waals surface area contributed by atoms with Crippen molar-refractivity contribution in [3.8, 4) is 0 Å². The number of rotatable bonds is 3. The van der Waals surface area contributed by atoms with E-state index in [9.17, 15) is 9.18 Å². The first-order valence-corrected chi connectivity index (χ1v) is 5.56. The third-order valence-electron chi connectivity index (χ3n) is 2.38. The molecule has 2 aromatic rings. The van der Waals surface area contributed by atoms with Crippen molar-refractivity contribution in [2.24, 2.45) is 0 Å². The number of nitrogens with one attached hydrogen (secondary N) is 3. The van der Waals surface area contributed by atoms with Gasteiger partial charge in [0.15, 0.2) is 5.82 Å². The van der Waals surface area contributed by atoms with Crippen molar-refractivity contribution in [3.63, 3.8) is 0 Å². The van der Waals surface area contributed by atoms with Gasteiger partial charge in [-0.05, 0) is 18.6 Å². The minimum atomic E-state index is -0.533. The average molecular weight is 248 g/mol. The Kier molecular flexibility index (Phi) is 3.57. The van der Waals surface area contributed by atoms with Gasteiger partial charge in [0.2, 0.25) is 0 Å². The van der Waals surface area contributed by atoms with Gasteiger partial charge in [0.25, 0.3) is 0 Å². The summed E-state index contributed by atoms with van der Waals surface area (Å²) in [6.07, 6.45) is 0.795. The molecule has 0 aliphatic rings. The van der Waals surface area contributed by atoms with E-state index in [1.165, 1.54) is 12.1 Å². The molecule has 1 heterocycles. The van der Waals surface area contributed by atoms with Crippen LogP contribution >= 0.6 is 0 Å². The lowest BCUT2D eigenvalue weighted by Gasteiger charge is -2.05. The molecule has 0 saturated carbocycles. The van der Waals surface area contributed by atoms with E-state index < -0.39 is 11.8 Å². The Morgan fingerprint density at radius 3 is 2.83 bits per heavy atom. The first-order chi connectivity index (χ1) is 8.69. The molecule has 6 heteroatoms. The first-order valence-electron chi connectivity index (χ1n) is 5.56. The summed E-state index contributed by atoms with van der Waals surface area (Å²) in [5.74, 6) is -0.0791. The van der Waals surface area contributed by atoms with Crippen molar-refractivity contribution < 1.29 is 9.18 Å². The number of nitrogens with zero attached hydrogens (tertiary/aromatic N) is 1. The van der Waals surface area contributed by atoms with Crippen LogP contribution in [-0.2, 0) is 6.42 Å². The molecule has 0 aliphatic carbocycles. The average Bonchev–Trinajstić information content (AvgIpc) is 2.80. The van der Waals surface area contributed by atoms with Crippen LogP contribution in [0.25, 0.3) is 0 Å². The Morgan fingerprint density at radius 1 is 1.39 bits per heavy atom. The number of para-hydroxylation sites is 1. The molecular formula is C12H13FN4O. The lowest BCUT2D eigenvalue weighted by atomic mass is 10.3. The molecule has 1 aromatic carbocycles. The maximum Gasteiger partial charge on any atom is 0.324 e. The molecule has 0 atom stereocenters. The third kappa shape index (κ3) is 2.85. The SMILES string of the molecule is CCc1cc(NC(=O)Nc2ccccc2F)n[nH]1. The van der Waals surface area contributed by atoms with Gasteiger partial charge < -0.3 is 5.32 Å². The number of benzene rings is 1. The van der Waals surface area contributed by atoms with E-state index in [-0.39, 0.29) is 5.69 Å². The van der Waals surface area contributed by atoms with Gasteiger partial charge >= 0.3 is 6.03 Å². The predicted molar refractivity (Wildman–Crippen MR) is 67.0 cm³/mol. The smallest absolute Gasteiger partial charge is 0.305 e. The van der Waals surface area contributed by atoms with E-state index in [0.717, 1.165) is 12.1 Å². The number of halogens is 1. The number of hydrogen-bond acceptors (Lipinski definition) is 2. The number of aromatic amines is 1. The molecule has 0 unspecified atom stereocenters. The van der Waals surface area contributed by atoms with Crippen LogP contribution in [0.3, 0.4) is 0 Å². The molecule has 0 radical (unpaired) electrons. The number of carbonyl (C=O) groups is 1. The van der Waals surface area contributed by atoms with Crippen LogP contribution in [0, 0.1) is 5.82 Å². The molecule has 0 spiro atoms. The van der Waals surface area contributed by atoms with Gasteiger partial charge in [0, 0.05) is 11.8 Å². The fraction of sp³-hybridized carbons (Fsp3) is 0.167. The maximum absolute atomic E-state index is 13.3. The van der Waals surface area contributed by atoms with Crippen LogP contribution in [0.2, 0.25) is 0 Å². The zero-order valence-electron chi connectivity index (χ0n) is 9.83. The standard InChI is InChI=1S/C12H13FN4O/c1-2-8-7-11(17-16-8)15-12(18)14-10-6-4-3-5-9(10)13/h3-7H,2H2,1H3,(H3,14,15,16,17,18). The predicted octanol–water partition coefficient (Wildman–Crippen LogP) is 2.76. The van der Waals surface area contributed by atoms with E-state index in [4.69, 9.17) is 0 Å². The number of anilines is 2. The topological polar surface area (TPSA) is 69.8 Å². The van der Waals surface area contributed by atoms with Gasteiger partial charge in [-0.2, -0.15) is 5.10 Å². The largest absolute Gasteiger partial charge is 0.324 e. The van der Waals surface area contributed by atoms with Gasteiger partial charge in [-0.3, -0.25) is 10.4 Å². The molecule has 5 nitrogen and oxygen atoms in total. The van der Waals surface area contributed by atoms with Gasteiger partial charge in [-0.15, -0.1) is 0 Å². The minimum Gasteiger partial charge on any atom is -0.305 e. The molecule has 1 aromatic heterocycles. The number of carbonyl (C=O) groups excluding carboxylic acids is 1. The quantitative estimate of drug-likeness (QED) is 0.781. The van der Waals surface area contributed by atoms with Crippen molar-refractivity contribution in [3.05, 3.63) is 41.8 Å². The van der Waals surface area contributed by atoms with E-state index in [1.54, 1.807) is 18.2 Å². The highest BCUT2D eigenvalue weighted by Gasteiger charge is 2.07. The number of aromatic nitrogens is 2. The summed E-state index contributed by atoms with van der Waals surface area (Å²) in [4.78, 5) is 11.6. The Bertz CT molecular complexity index is 553. The molecule has 2 amide bonds. The van der Waals surface area contributed by atoms with Crippen LogP contribution in [0.4, 0.5) is 20.7 Å². The van der Waals surface area contributed by atoms with Crippen LogP contribution in [0.5, 0.6) is 0 Å². The number of hydrogen-bond donors (Lipinski definition) is 3. The lowest BCUT2D eigenvalue weighted by molar-refractivity contribution is 0.262. The minimum absolute atomic E-state index is 0.126. The molecule has 0 saturated heterocycles. The molecule has 3 N–H and O–H groups in total. The Labute approximate surface area is 103 Å². The second kappa shape index (κ2) is 5.31. The van der Waals surface area contributed by atoms with Crippen molar-refractivity contribution in [2.75, 3.05) is 10.6 Å². The molecule has 18 heavy (non-hydrogen) atoms. The van der Waals surface area contributed by atoms with Gasteiger partial charge in [-0.25, -0.2) is 9.18 Å². The Morgan fingerprint density at radius 2 is 2.17 bits per heavy atom. The van der Waals surface area contributed by atoms with Gasteiger partial charge in [0.05, 0.1) is 5.69 Å². The van der Waals surface area contributed by atoms with Crippen molar-refractivity contribution >= 4 is 17.5 Å². The maximum atomic E-state index is 13.3. The summed E-state index contributed by atoms with van der Waals surface area (Å²) in [7, 11) is 0. The highest BCUT2D eigenvalue weighted by molar-refractivity contribution is 5.99. The van der Waals surface area contributed by atoms with E-state index in [2.05, 4.69) is 20.8 Å². The highest BCUT2D eigenvalue weighted by Crippen LogP contribution is 2.13. The monoisotopic (exact) mass is 248 g/mol. The van der Waals surface area contributed by atoms with Crippen molar-refractivity contribution in [2.45, 2.75) is 13.3 Å². The van der Waals surface area contributed by atoms with E-state index in [0.29, 0.717) is 5.82 Å². The summed E-state index contributed by atoms with van der Waals surface area (Å²) in [5.41, 5.74) is 1.04. The fourth-order valence-electron chi connectivity index (χ4n) is 1.44. The van der Waals surface area contributed by atoms with Crippen molar-refractivity contribution in [1.29, 1.82) is 0 Å². The summed E-state index contributed by atoms with van der Waals surface area (Å²) in [6, 6.07) is 7.15. The summed E-state index contributed by atoms with van der Waals surface area (Å²) in [6.45, 7) is 1.97. The summed E-state index contributed by atoms with van der Waals surface area (Å²) in [5, 5.41) is 11.6. The van der Waals surface area contributed by atoms with E-state index in [1.807, 2.05) is 6.92 Å². The normalized spacial score (nSPS) is 10.1. The number of amides is 2. The van der Waals surface area contributed by atoms with Crippen molar-refractivity contribution in [1.82, 2.24) is 10.2 Å². The third-order valence-corrected chi connectivity index (χ3v) is 2.38. The van der Waals surface area contributed by atoms with Crippen LogP contribution in [0.15, 0.2) is 30.3 Å². The Hall–Kier alpha value is -2.37. The van der Waals surface area contributed by atoms with Gasteiger partial charge in [-0.1, -0.05) is 19.1 Å². The second-order valence-corrected chi connectivity index (χ2v) is 3.69. The molecule has 0 fully saturated rings. The number of urea groups is 1. The molecule has 94 valence electrons. The van der Waals surface area contributed by atoms with Crippen LogP contribution < -0.4 is 10.6 Å². The zero-order valence-corrected chi connectivity index (χ0v) is 9.83. The summed E-state index contributed by atoms with van der Waals surface area (Å²) < 4.78 is 13.3. The lowest BCUT2D eigenvalue weighted by Crippen LogP contribution is -2.20. The van der Waals surface area contributed by atoms with Crippen LogP contribution in [-0.4, -0.2) is 16.2 Å². The first kappa shape index (κ1) is 12.1. The zero-order chi connectivity index (χ0) is 13.0. The molecule has 0 bridgehead atoms. The van der Waals surface area contributed by atoms with Crippen LogP contribution in [0.1, 0.15) is 12.6 Å². The highest BCUT2D eigenvalue weighted by atomic mass is 19.1. The number of aryl methyl sites for hydroxylation is 1. The molecule has 0 aliphatic heterocycles. The molecule has 2 rings (SSSR count). The van der Waals surface area contributed by atoms with E-state index >= 15 is 0 Å². The fourth-order valence-corrected chi connectivity index (χ4v) is 1.44.